The fourth-order valence-corrected chi connectivity index (χ4v) is 3.94. The average molecular weight is 390 g/mol. The molecule has 0 radical (unpaired) electrons. The molecule has 9 heteroatoms. The van der Waals surface area contributed by atoms with Crippen LogP contribution in [0.25, 0.3) is 0 Å². The van der Waals surface area contributed by atoms with Crippen LogP contribution in [0.4, 0.5) is 10.1 Å². The number of ether oxygens (including phenoxy) is 2. The standard InChI is InChI=1S/C19H23FN4O4/c20-13-3-5-14(6-4-13)24-16(17(21)25)10-15(22-24)18(26)23-7-1-2-12(11-23)19-27-8-9-28-19/h3-6,12,16,19H,1-2,7-11H2,(H2,21,25). The Kier molecular flexibility index (Phi) is 5.27. The Bertz CT molecular complexity index is 779. The van der Waals surface area contributed by atoms with Gasteiger partial charge in [-0.3, -0.25) is 14.6 Å². The van der Waals surface area contributed by atoms with Crippen molar-refractivity contribution >= 4 is 23.2 Å². The van der Waals surface area contributed by atoms with Crippen LogP contribution in [0.2, 0.25) is 0 Å². The minimum Gasteiger partial charge on any atom is -0.368 e. The summed E-state index contributed by atoms with van der Waals surface area (Å²) in [6.07, 6.45) is 1.65. The zero-order valence-electron chi connectivity index (χ0n) is 15.4. The number of amides is 2. The first-order chi connectivity index (χ1) is 13.5. The van der Waals surface area contributed by atoms with Crippen molar-refractivity contribution < 1.29 is 23.5 Å². The number of likely N-dealkylation sites (tertiary alicyclic amines) is 1. The number of hydrazone groups is 1. The number of benzene rings is 1. The molecule has 3 aliphatic rings. The van der Waals surface area contributed by atoms with Gasteiger partial charge in [0.05, 0.1) is 18.9 Å². The Morgan fingerprint density at radius 1 is 1.18 bits per heavy atom. The van der Waals surface area contributed by atoms with Crippen LogP contribution in [0.1, 0.15) is 19.3 Å². The Morgan fingerprint density at radius 2 is 1.89 bits per heavy atom. The second-order valence-corrected chi connectivity index (χ2v) is 7.25. The number of nitrogens with zero attached hydrogens (tertiary/aromatic N) is 3. The van der Waals surface area contributed by atoms with Crippen LogP contribution in [0.15, 0.2) is 29.4 Å². The summed E-state index contributed by atoms with van der Waals surface area (Å²) in [5.74, 6) is -1.06. The van der Waals surface area contributed by atoms with Crippen molar-refractivity contribution in [3.05, 3.63) is 30.1 Å². The van der Waals surface area contributed by atoms with Crippen molar-refractivity contribution in [3.63, 3.8) is 0 Å². The Balaban J connectivity index is 1.50. The number of hydrogen-bond donors (Lipinski definition) is 1. The van der Waals surface area contributed by atoms with E-state index in [0.717, 1.165) is 12.8 Å². The smallest absolute Gasteiger partial charge is 0.270 e. The first-order valence-corrected chi connectivity index (χ1v) is 9.47. The van der Waals surface area contributed by atoms with Gasteiger partial charge in [0, 0.05) is 25.4 Å². The van der Waals surface area contributed by atoms with E-state index in [-0.39, 0.29) is 30.2 Å². The molecule has 1 aromatic rings. The van der Waals surface area contributed by atoms with Crippen molar-refractivity contribution in [2.24, 2.45) is 16.8 Å². The van der Waals surface area contributed by atoms with Gasteiger partial charge in [0.25, 0.3) is 5.91 Å². The highest BCUT2D eigenvalue weighted by Gasteiger charge is 2.39. The van der Waals surface area contributed by atoms with Crippen molar-refractivity contribution in [1.82, 2.24) is 4.90 Å². The molecule has 2 amide bonds. The lowest BCUT2D eigenvalue weighted by atomic mass is 9.96. The Labute approximate surface area is 162 Å². The minimum atomic E-state index is -0.772. The van der Waals surface area contributed by atoms with Crippen LogP contribution < -0.4 is 10.7 Å². The fourth-order valence-electron chi connectivity index (χ4n) is 3.94. The van der Waals surface area contributed by atoms with Gasteiger partial charge in [0.2, 0.25) is 5.91 Å². The number of anilines is 1. The van der Waals surface area contributed by atoms with Gasteiger partial charge >= 0.3 is 0 Å². The monoisotopic (exact) mass is 390 g/mol. The highest BCUT2D eigenvalue weighted by Crippen LogP contribution is 2.28. The molecule has 0 bridgehead atoms. The molecule has 0 saturated carbocycles. The Morgan fingerprint density at radius 3 is 2.57 bits per heavy atom. The van der Waals surface area contributed by atoms with Crippen LogP contribution in [0, 0.1) is 11.7 Å². The molecule has 2 saturated heterocycles. The summed E-state index contributed by atoms with van der Waals surface area (Å²) in [5, 5.41) is 5.76. The van der Waals surface area contributed by atoms with E-state index >= 15 is 0 Å². The summed E-state index contributed by atoms with van der Waals surface area (Å²) in [6, 6.07) is 4.80. The molecule has 4 rings (SSSR count). The third kappa shape index (κ3) is 3.72. The maximum atomic E-state index is 13.2. The molecule has 3 aliphatic heterocycles. The van der Waals surface area contributed by atoms with Gasteiger partial charge in [-0.25, -0.2) is 4.39 Å². The maximum absolute atomic E-state index is 13.2. The largest absolute Gasteiger partial charge is 0.368 e. The summed E-state index contributed by atoms with van der Waals surface area (Å²) < 4.78 is 24.4. The predicted molar refractivity (Wildman–Crippen MR) is 98.9 cm³/mol. The normalized spacial score (nSPS) is 25.8. The van der Waals surface area contributed by atoms with E-state index in [9.17, 15) is 14.0 Å². The molecule has 2 unspecified atom stereocenters. The van der Waals surface area contributed by atoms with Crippen LogP contribution in [-0.4, -0.2) is 61.1 Å². The first kappa shape index (κ1) is 18.8. The lowest BCUT2D eigenvalue weighted by Crippen LogP contribution is -2.46. The minimum absolute atomic E-state index is 0.127. The SMILES string of the molecule is NC(=O)C1CC(C(=O)N2CCCC(C3OCCO3)C2)=NN1c1ccc(F)cc1. The van der Waals surface area contributed by atoms with Gasteiger partial charge in [-0.15, -0.1) is 0 Å². The van der Waals surface area contributed by atoms with Gasteiger partial charge in [0.15, 0.2) is 6.29 Å². The topological polar surface area (TPSA) is 97.5 Å². The number of hydrogen-bond acceptors (Lipinski definition) is 6. The number of rotatable bonds is 4. The molecular formula is C19H23FN4O4. The summed E-state index contributed by atoms with van der Waals surface area (Å²) in [6.45, 7) is 2.31. The maximum Gasteiger partial charge on any atom is 0.270 e. The molecule has 150 valence electrons. The molecular weight excluding hydrogens is 367 g/mol. The van der Waals surface area contributed by atoms with Crippen LogP contribution >= 0.6 is 0 Å². The summed E-state index contributed by atoms with van der Waals surface area (Å²) in [7, 11) is 0. The molecule has 2 N–H and O–H groups in total. The lowest BCUT2D eigenvalue weighted by Gasteiger charge is -2.34. The van der Waals surface area contributed by atoms with Crippen molar-refractivity contribution in [2.75, 3.05) is 31.3 Å². The van der Waals surface area contributed by atoms with Crippen LogP contribution in [0.3, 0.4) is 0 Å². The predicted octanol–water partition coefficient (Wildman–Crippen LogP) is 0.857. The number of halogens is 1. The quantitative estimate of drug-likeness (QED) is 0.822. The summed E-state index contributed by atoms with van der Waals surface area (Å²) in [4.78, 5) is 26.7. The van der Waals surface area contributed by atoms with E-state index < -0.39 is 17.8 Å². The molecule has 1 aromatic carbocycles. The second kappa shape index (κ2) is 7.84. The van der Waals surface area contributed by atoms with Crippen molar-refractivity contribution in [2.45, 2.75) is 31.6 Å². The molecule has 28 heavy (non-hydrogen) atoms. The molecule has 8 nitrogen and oxygen atoms in total. The zero-order chi connectivity index (χ0) is 19.7. The highest BCUT2D eigenvalue weighted by molar-refractivity contribution is 6.40. The molecule has 0 aliphatic carbocycles. The number of nitrogens with two attached hydrogens (primary N) is 1. The molecule has 0 aromatic heterocycles. The van der Waals surface area contributed by atoms with Gasteiger partial charge in [-0.1, -0.05) is 0 Å². The lowest BCUT2D eigenvalue weighted by molar-refractivity contribution is -0.132. The van der Waals surface area contributed by atoms with Crippen molar-refractivity contribution in [3.8, 4) is 0 Å². The first-order valence-electron chi connectivity index (χ1n) is 9.47. The van der Waals surface area contributed by atoms with E-state index in [1.54, 1.807) is 4.90 Å². The van der Waals surface area contributed by atoms with E-state index in [0.29, 0.717) is 32.0 Å². The number of piperidine rings is 1. The van der Waals surface area contributed by atoms with Crippen molar-refractivity contribution in [1.29, 1.82) is 0 Å². The van der Waals surface area contributed by atoms with E-state index in [1.807, 2.05) is 0 Å². The highest BCUT2D eigenvalue weighted by atomic mass is 19.1. The van der Waals surface area contributed by atoms with Crippen LogP contribution in [0.5, 0.6) is 0 Å². The van der Waals surface area contributed by atoms with Gasteiger partial charge in [-0.2, -0.15) is 5.10 Å². The van der Waals surface area contributed by atoms with E-state index in [4.69, 9.17) is 15.2 Å². The van der Waals surface area contributed by atoms with E-state index in [1.165, 1.54) is 29.3 Å². The number of carbonyl (C=O) groups is 2. The molecule has 2 fully saturated rings. The third-order valence-corrected chi connectivity index (χ3v) is 5.35. The van der Waals surface area contributed by atoms with Gasteiger partial charge < -0.3 is 20.1 Å². The van der Waals surface area contributed by atoms with Crippen LogP contribution in [-0.2, 0) is 19.1 Å². The molecule has 2 atom stereocenters. The third-order valence-electron chi connectivity index (χ3n) is 5.35. The van der Waals surface area contributed by atoms with Gasteiger partial charge in [-0.05, 0) is 37.1 Å². The number of carbonyl (C=O) groups excluding carboxylic acids is 2. The molecule has 0 spiro atoms. The van der Waals surface area contributed by atoms with Gasteiger partial charge in [0.1, 0.15) is 17.6 Å². The fraction of sp³-hybridized carbons (Fsp3) is 0.526. The summed E-state index contributed by atoms with van der Waals surface area (Å²) >= 11 is 0. The zero-order valence-corrected chi connectivity index (χ0v) is 15.4. The average Bonchev–Trinajstić information content (AvgIpc) is 3.38. The second-order valence-electron chi connectivity index (χ2n) is 7.25. The van der Waals surface area contributed by atoms with E-state index in [2.05, 4.69) is 5.10 Å². The number of primary amides is 1. The molecule has 3 heterocycles. The summed E-state index contributed by atoms with van der Waals surface area (Å²) in [5.41, 5.74) is 6.31. The Hall–Kier alpha value is -2.52.